The summed E-state index contributed by atoms with van der Waals surface area (Å²) >= 11 is 5.89. The molecule has 0 radical (unpaired) electrons. The SMILES string of the molecule is Cc1cc(Cl)c(N)cc1S(=O)(=O)NC1CCCCCC1O. The number of hydrogen-bond acceptors (Lipinski definition) is 4. The van der Waals surface area contributed by atoms with Crippen molar-refractivity contribution in [2.24, 2.45) is 0 Å². The molecule has 118 valence electrons. The van der Waals surface area contributed by atoms with Gasteiger partial charge < -0.3 is 10.8 Å². The van der Waals surface area contributed by atoms with Crippen LogP contribution in [0.25, 0.3) is 0 Å². The number of hydrogen-bond donors (Lipinski definition) is 3. The molecule has 1 fully saturated rings. The van der Waals surface area contributed by atoms with Crippen LogP contribution >= 0.6 is 11.6 Å². The van der Waals surface area contributed by atoms with Gasteiger partial charge in [-0.05, 0) is 37.5 Å². The molecular formula is C14H21ClN2O3S. The van der Waals surface area contributed by atoms with Gasteiger partial charge in [0.15, 0.2) is 0 Å². The highest BCUT2D eigenvalue weighted by molar-refractivity contribution is 7.89. The van der Waals surface area contributed by atoms with Crippen molar-refractivity contribution in [2.45, 2.75) is 56.1 Å². The predicted octanol–water partition coefficient (Wildman–Crippen LogP) is 2.20. The van der Waals surface area contributed by atoms with E-state index < -0.39 is 22.2 Å². The second-order valence-electron chi connectivity index (χ2n) is 5.57. The van der Waals surface area contributed by atoms with Gasteiger partial charge in [0.25, 0.3) is 0 Å². The molecule has 21 heavy (non-hydrogen) atoms. The molecular weight excluding hydrogens is 312 g/mol. The summed E-state index contributed by atoms with van der Waals surface area (Å²) < 4.78 is 27.7. The minimum Gasteiger partial charge on any atom is -0.397 e. The van der Waals surface area contributed by atoms with Crippen LogP contribution in [0.15, 0.2) is 17.0 Å². The number of nitrogens with two attached hydrogens (primary N) is 1. The van der Waals surface area contributed by atoms with Crippen molar-refractivity contribution in [3.63, 3.8) is 0 Å². The first-order chi connectivity index (χ1) is 9.81. The molecule has 4 N–H and O–H groups in total. The van der Waals surface area contributed by atoms with Crippen molar-refractivity contribution in [1.82, 2.24) is 4.72 Å². The van der Waals surface area contributed by atoms with Gasteiger partial charge in [-0.25, -0.2) is 13.1 Å². The number of nitrogen functional groups attached to an aromatic ring is 1. The Bertz CT molecular complexity index is 619. The highest BCUT2D eigenvalue weighted by Gasteiger charge is 2.28. The smallest absolute Gasteiger partial charge is 0.241 e. The van der Waals surface area contributed by atoms with Gasteiger partial charge in [0.1, 0.15) is 0 Å². The first-order valence-electron chi connectivity index (χ1n) is 7.07. The third kappa shape index (κ3) is 3.88. The maximum Gasteiger partial charge on any atom is 0.241 e. The number of rotatable bonds is 3. The lowest BCUT2D eigenvalue weighted by molar-refractivity contribution is 0.130. The normalized spacial score (nSPS) is 23.8. The van der Waals surface area contributed by atoms with Crippen molar-refractivity contribution >= 4 is 27.3 Å². The van der Waals surface area contributed by atoms with Crippen molar-refractivity contribution < 1.29 is 13.5 Å². The highest BCUT2D eigenvalue weighted by atomic mass is 35.5. The van der Waals surface area contributed by atoms with E-state index in [1.165, 1.54) is 12.1 Å². The monoisotopic (exact) mass is 332 g/mol. The summed E-state index contributed by atoms with van der Waals surface area (Å²) in [6.45, 7) is 1.67. The molecule has 2 atom stereocenters. The van der Waals surface area contributed by atoms with Crippen LogP contribution in [0.3, 0.4) is 0 Å². The fourth-order valence-electron chi connectivity index (χ4n) is 2.65. The van der Waals surface area contributed by atoms with E-state index in [-0.39, 0.29) is 10.6 Å². The second-order valence-corrected chi connectivity index (χ2v) is 7.66. The van der Waals surface area contributed by atoms with Crippen molar-refractivity contribution in [3.05, 3.63) is 22.7 Å². The number of aliphatic hydroxyl groups excluding tert-OH is 1. The quantitative estimate of drug-likeness (QED) is 0.584. The molecule has 7 heteroatoms. The Morgan fingerprint density at radius 2 is 1.95 bits per heavy atom. The third-order valence-corrected chi connectivity index (χ3v) is 5.83. The van der Waals surface area contributed by atoms with Crippen molar-refractivity contribution in [2.75, 3.05) is 5.73 Å². The fraction of sp³-hybridized carbons (Fsp3) is 0.571. The number of sulfonamides is 1. The summed E-state index contributed by atoms with van der Waals surface area (Å²) in [6, 6.07) is 2.45. The van der Waals surface area contributed by atoms with Crippen LogP contribution in [0, 0.1) is 6.92 Å². The molecule has 2 rings (SSSR count). The molecule has 5 nitrogen and oxygen atoms in total. The minimum absolute atomic E-state index is 0.112. The molecule has 1 aromatic rings. The van der Waals surface area contributed by atoms with Crippen LogP contribution in [-0.2, 0) is 10.0 Å². The summed E-state index contributed by atoms with van der Waals surface area (Å²) in [5, 5.41) is 10.4. The average Bonchev–Trinajstić information content (AvgIpc) is 2.59. The molecule has 0 heterocycles. The van der Waals surface area contributed by atoms with Crippen LogP contribution < -0.4 is 10.5 Å². The molecule has 1 aliphatic rings. The van der Waals surface area contributed by atoms with E-state index in [4.69, 9.17) is 17.3 Å². The molecule has 0 aliphatic heterocycles. The zero-order valence-corrected chi connectivity index (χ0v) is 13.5. The fourth-order valence-corrected chi connectivity index (χ4v) is 4.43. The van der Waals surface area contributed by atoms with Gasteiger partial charge in [0.05, 0.1) is 21.7 Å². The van der Waals surface area contributed by atoms with E-state index in [1.54, 1.807) is 6.92 Å². The van der Waals surface area contributed by atoms with Gasteiger partial charge in [0.2, 0.25) is 10.0 Å². The number of nitrogens with one attached hydrogen (secondary N) is 1. The summed E-state index contributed by atoms with van der Waals surface area (Å²) in [4.78, 5) is 0.112. The molecule has 2 unspecified atom stereocenters. The molecule has 0 saturated heterocycles. The van der Waals surface area contributed by atoms with E-state index in [1.807, 2.05) is 0 Å². The number of aryl methyl sites for hydroxylation is 1. The summed E-state index contributed by atoms with van der Waals surface area (Å²) in [6.07, 6.45) is 3.46. The molecule has 1 aromatic carbocycles. The van der Waals surface area contributed by atoms with E-state index >= 15 is 0 Å². The van der Waals surface area contributed by atoms with Gasteiger partial charge >= 0.3 is 0 Å². The summed E-state index contributed by atoms with van der Waals surface area (Å²) in [5.41, 5.74) is 6.46. The second kappa shape index (κ2) is 6.52. The Morgan fingerprint density at radius 3 is 2.67 bits per heavy atom. The third-order valence-electron chi connectivity index (χ3n) is 3.87. The van der Waals surface area contributed by atoms with E-state index in [2.05, 4.69) is 4.72 Å². The Balaban J connectivity index is 2.27. The maximum atomic E-state index is 12.5. The van der Waals surface area contributed by atoms with Crippen LogP contribution in [0.2, 0.25) is 5.02 Å². The van der Waals surface area contributed by atoms with Gasteiger partial charge in [-0.2, -0.15) is 0 Å². The molecule has 0 amide bonds. The van der Waals surface area contributed by atoms with Crippen molar-refractivity contribution in [1.29, 1.82) is 0 Å². The summed E-state index contributed by atoms with van der Waals surface area (Å²) in [7, 11) is -3.73. The lowest BCUT2D eigenvalue weighted by Gasteiger charge is -2.22. The Morgan fingerprint density at radius 1 is 1.29 bits per heavy atom. The van der Waals surface area contributed by atoms with Crippen LogP contribution in [0.1, 0.15) is 37.7 Å². The van der Waals surface area contributed by atoms with E-state index in [0.717, 1.165) is 19.3 Å². The molecule has 1 saturated carbocycles. The number of aliphatic hydroxyl groups is 1. The summed E-state index contributed by atoms with van der Waals surface area (Å²) in [5.74, 6) is 0. The minimum atomic E-state index is -3.73. The predicted molar refractivity (Wildman–Crippen MR) is 83.8 cm³/mol. The first-order valence-corrected chi connectivity index (χ1v) is 8.93. The van der Waals surface area contributed by atoms with Gasteiger partial charge in [-0.3, -0.25) is 0 Å². The van der Waals surface area contributed by atoms with Gasteiger partial charge in [0, 0.05) is 6.04 Å². The van der Waals surface area contributed by atoms with E-state index in [0.29, 0.717) is 23.4 Å². The molecule has 0 bridgehead atoms. The Labute approximate surface area is 130 Å². The van der Waals surface area contributed by atoms with Crippen LogP contribution in [0.4, 0.5) is 5.69 Å². The number of anilines is 1. The maximum absolute atomic E-state index is 12.5. The van der Waals surface area contributed by atoms with Crippen molar-refractivity contribution in [3.8, 4) is 0 Å². The lowest BCUT2D eigenvalue weighted by atomic mass is 10.1. The van der Waals surface area contributed by atoms with Crippen LogP contribution in [-0.4, -0.2) is 25.7 Å². The first kappa shape index (κ1) is 16.5. The average molecular weight is 333 g/mol. The largest absolute Gasteiger partial charge is 0.397 e. The van der Waals surface area contributed by atoms with Gasteiger partial charge in [-0.1, -0.05) is 30.9 Å². The molecule has 0 spiro atoms. The van der Waals surface area contributed by atoms with Gasteiger partial charge in [-0.15, -0.1) is 0 Å². The number of halogens is 1. The molecule has 1 aliphatic carbocycles. The zero-order valence-electron chi connectivity index (χ0n) is 12.0. The van der Waals surface area contributed by atoms with E-state index in [9.17, 15) is 13.5 Å². The topological polar surface area (TPSA) is 92.4 Å². The number of benzene rings is 1. The Hall–Kier alpha value is -0.820. The Kier molecular flexibility index (Phi) is 5.14. The highest BCUT2D eigenvalue weighted by Crippen LogP contribution is 2.27. The molecule has 0 aromatic heterocycles. The standard InChI is InChI=1S/C14H21ClN2O3S/c1-9-7-10(15)11(16)8-14(9)21(19,20)17-12-5-3-2-4-6-13(12)18/h7-8,12-13,17-18H,2-6,16H2,1H3. The lowest BCUT2D eigenvalue weighted by Crippen LogP contribution is -2.42. The zero-order chi connectivity index (χ0) is 15.6. The van der Waals surface area contributed by atoms with Crippen LogP contribution in [0.5, 0.6) is 0 Å².